The summed E-state index contributed by atoms with van der Waals surface area (Å²) < 4.78 is 0.957. The smallest absolute Gasteiger partial charge is 0.336 e. The minimum atomic E-state index is -0.994. The van der Waals surface area contributed by atoms with Crippen LogP contribution in [-0.2, 0) is 0 Å². The standard InChI is InChI=1S/C16H11BrN2O2/c17-10-3-1-9(2-4-10)15-8-13(16(20)21)12-7-11(18)5-6-14(12)19-15/h1-8H,18H2,(H,20,21). The van der Waals surface area contributed by atoms with Gasteiger partial charge in [-0.1, -0.05) is 28.1 Å². The number of hydrogen-bond acceptors (Lipinski definition) is 3. The predicted octanol–water partition coefficient (Wildman–Crippen LogP) is 3.94. The molecule has 1 aromatic heterocycles. The molecule has 0 spiro atoms. The molecule has 21 heavy (non-hydrogen) atoms. The number of nitrogen functional groups attached to an aromatic ring is 1. The van der Waals surface area contributed by atoms with Crippen molar-refractivity contribution in [2.24, 2.45) is 0 Å². The van der Waals surface area contributed by atoms with Crippen LogP contribution in [0.2, 0.25) is 0 Å². The number of nitrogens with zero attached hydrogens (tertiary/aromatic N) is 1. The van der Waals surface area contributed by atoms with Crippen LogP contribution in [-0.4, -0.2) is 16.1 Å². The Hall–Kier alpha value is -2.40. The highest BCUT2D eigenvalue weighted by atomic mass is 79.9. The summed E-state index contributed by atoms with van der Waals surface area (Å²) in [5.74, 6) is -0.994. The van der Waals surface area contributed by atoms with Crippen LogP contribution >= 0.6 is 15.9 Å². The van der Waals surface area contributed by atoms with Gasteiger partial charge in [-0.15, -0.1) is 0 Å². The van der Waals surface area contributed by atoms with Crippen molar-refractivity contribution in [3.05, 3.63) is 58.6 Å². The van der Waals surface area contributed by atoms with Gasteiger partial charge in [0, 0.05) is 21.1 Å². The number of aromatic nitrogens is 1. The van der Waals surface area contributed by atoms with Gasteiger partial charge < -0.3 is 10.8 Å². The van der Waals surface area contributed by atoms with E-state index in [0.29, 0.717) is 22.3 Å². The lowest BCUT2D eigenvalue weighted by Crippen LogP contribution is -2.01. The molecule has 3 rings (SSSR count). The predicted molar refractivity (Wildman–Crippen MR) is 86.3 cm³/mol. The molecule has 0 aliphatic carbocycles. The van der Waals surface area contributed by atoms with E-state index in [9.17, 15) is 9.90 Å². The van der Waals surface area contributed by atoms with Crippen molar-refractivity contribution >= 4 is 38.5 Å². The summed E-state index contributed by atoms with van der Waals surface area (Å²) in [5.41, 5.74) is 8.54. The molecular weight excluding hydrogens is 332 g/mol. The van der Waals surface area contributed by atoms with E-state index in [2.05, 4.69) is 20.9 Å². The molecule has 3 N–H and O–H groups in total. The summed E-state index contributed by atoms with van der Waals surface area (Å²) in [6.45, 7) is 0. The number of fused-ring (bicyclic) bond motifs is 1. The normalized spacial score (nSPS) is 10.7. The number of hydrogen-bond donors (Lipinski definition) is 2. The summed E-state index contributed by atoms with van der Waals surface area (Å²) in [6, 6.07) is 14.2. The summed E-state index contributed by atoms with van der Waals surface area (Å²) in [4.78, 5) is 16.0. The van der Waals surface area contributed by atoms with Crippen LogP contribution in [0, 0.1) is 0 Å². The van der Waals surface area contributed by atoms with Crippen molar-refractivity contribution in [3.63, 3.8) is 0 Å². The summed E-state index contributed by atoms with van der Waals surface area (Å²) in [7, 11) is 0. The van der Waals surface area contributed by atoms with Crippen LogP contribution in [0.25, 0.3) is 22.2 Å². The minimum Gasteiger partial charge on any atom is -0.478 e. The third-order valence-corrected chi connectivity index (χ3v) is 3.73. The van der Waals surface area contributed by atoms with Crippen molar-refractivity contribution in [3.8, 4) is 11.3 Å². The molecular formula is C16H11BrN2O2. The Labute approximate surface area is 129 Å². The van der Waals surface area contributed by atoms with E-state index < -0.39 is 5.97 Å². The molecule has 0 radical (unpaired) electrons. The maximum atomic E-state index is 11.5. The lowest BCUT2D eigenvalue weighted by Gasteiger charge is -2.08. The Morgan fingerprint density at radius 2 is 1.81 bits per heavy atom. The second-order valence-corrected chi connectivity index (χ2v) is 5.56. The van der Waals surface area contributed by atoms with E-state index in [0.717, 1.165) is 10.0 Å². The summed E-state index contributed by atoms with van der Waals surface area (Å²) >= 11 is 3.38. The first-order valence-corrected chi connectivity index (χ1v) is 7.03. The number of benzene rings is 2. The van der Waals surface area contributed by atoms with E-state index in [1.165, 1.54) is 0 Å². The second kappa shape index (κ2) is 5.18. The molecule has 2 aromatic carbocycles. The quantitative estimate of drug-likeness (QED) is 0.691. The molecule has 104 valence electrons. The highest BCUT2D eigenvalue weighted by Gasteiger charge is 2.13. The zero-order chi connectivity index (χ0) is 15.0. The topological polar surface area (TPSA) is 76.2 Å². The summed E-state index contributed by atoms with van der Waals surface area (Å²) in [5, 5.41) is 9.96. The zero-order valence-corrected chi connectivity index (χ0v) is 12.5. The van der Waals surface area contributed by atoms with Gasteiger partial charge in [0.05, 0.1) is 16.8 Å². The SMILES string of the molecule is Nc1ccc2nc(-c3ccc(Br)cc3)cc(C(=O)O)c2c1. The third kappa shape index (κ3) is 2.60. The van der Waals surface area contributed by atoms with E-state index in [4.69, 9.17) is 5.73 Å². The Morgan fingerprint density at radius 1 is 1.10 bits per heavy atom. The number of aromatic carboxylic acids is 1. The fraction of sp³-hybridized carbons (Fsp3) is 0. The fourth-order valence-corrected chi connectivity index (χ4v) is 2.45. The van der Waals surface area contributed by atoms with E-state index in [1.54, 1.807) is 24.3 Å². The number of nitrogens with two attached hydrogens (primary N) is 1. The number of carboxylic acid groups (broad SMARTS) is 1. The highest BCUT2D eigenvalue weighted by molar-refractivity contribution is 9.10. The fourth-order valence-electron chi connectivity index (χ4n) is 2.19. The average molecular weight is 343 g/mol. The molecule has 0 saturated carbocycles. The third-order valence-electron chi connectivity index (χ3n) is 3.20. The second-order valence-electron chi connectivity index (χ2n) is 4.64. The number of anilines is 1. The minimum absolute atomic E-state index is 0.199. The number of pyridine rings is 1. The van der Waals surface area contributed by atoms with Crippen molar-refractivity contribution < 1.29 is 9.90 Å². The lowest BCUT2D eigenvalue weighted by atomic mass is 10.0. The largest absolute Gasteiger partial charge is 0.478 e. The van der Waals surface area contributed by atoms with Crippen molar-refractivity contribution in [2.45, 2.75) is 0 Å². The molecule has 5 heteroatoms. The van der Waals surface area contributed by atoms with Gasteiger partial charge in [0.15, 0.2) is 0 Å². The number of rotatable bonds is 2. The lowest BCUT2D eigenvalue weighted by molar-refractivity contribution is 0.0699. The van der Waals surface area contributed by atoms with Crippen molar-refractivity contribution in [1.82, 2.24) is 4.98 Å². The molecule has 0 saturated heterocycles. The molecule has 3 aromatic rings. The van der Waals surface area contributed by atoms with Gasteiger partial charge in [0.25, 0.3) is 0 Å². The van der Waals surface area contributed by atoms with Gasteiger partial charge in [-0.2, -0.15) is 0 Å². The van der Waals surface area contributed by atoms with Crippen LogP contribution in [0.5, 0.6) is 0 Å². The maximum Gasteiger partial charge on any atom is 0.336 e. The van der Waals surface area contributed by atoms with Crippen molar-refractivity contribution in [2.75, 3.05) is 5.73 Å². The van der Waals surface area contributed by atoms with Crippen LogP contribution in [0.1, 0.15) is 10.4 Å². The highest BCUT2D eigenvalue weighted by Crippen LogP contribution is 2.27. The molecule has 0 fully saturated rings. The Kier molecular flexibility index (Phi) is 3.35. The Bertz CT molecular complexity index is 845. The molecule has 4 nitrogen and oxygen atoms in total. The maximum absolute atomic E-state index is 11.5. The molecule has 0 atom stereocenters. The Morgan fingerprint density at radius 3 is 2.48 bits per heavy atom. The van der Waals surface area contributed by atoms with Crippen LogP contribution < -0.4 is 5.73 Å². The van der Waals surface area contributed by atoms with Crippen LogP contribution in [0.15, 0.2) is 53.0 Å². The monoisotopic (exact) mass is 342 g/mol. The first-order valence-electron chi connectivity index (χ1n) is 6.24. The number of halogens is 1. The van der Waals surface area contributed by atoms with Gasteiger partial charge in [0.1, 0.15) is 0 Å². The number of carbonyl (C=O) groups is 1. The molecule has 1 heterocycles. The van der Waals surface area contributed by atoms with Gasteiger partial charge in [-0.05, 0) is 36.4 Å². The molecule has 0 aliphatic heterocycles. The van der Waals surface area contributed by atoms with Gasteiger partial charge in [0.2, 0.25) is 0 Å². The molecule has 0 amide bonds. The van der Waals surface area contributed by atoms with Crippen molar-refractivity contribution in [1.29, 1.82) is 0 Å². The summed E-state index contributed by atoms with van der Waals surface area (Å²) in [6.07, 6.45) is 0. The Balaban J connectivity index is 2.28. The van der Waals surface area contributed by atoms with Gasteiger partial charge >= 0.3 is 5.97 Å². The molecule has 0 bridgehead atoms. The van der Waals surface area contributed by atoms with Crippen LogP contribution in [0.4, 0.5) is 5.69 Å². The first-order chi connectivity index (χ1) is 10.0. The van der Waals surface area contributed by atoms with E-state index in [-0.39, 0.29) is 5.56 Å². The first kappa shape index (κ1) is 13.6. The molecule has 0 aliphatic rings. The zero-order valence-electron chi connectivity index (χ0n) is 10.9. The molecule has 0 unspecified atom stereocenters. The van der Waals surface area contributed by atoms with Crippen LogP contribution in [0.3, 0.4) is 0 Å². The van der Waals surface area contributed by atoms with Gasteiger partial charge in [-0.3, -0.25) is 0 Å². The van der Waals surface area contributed by atoms with E-state index in [1.807, 2.05) is 24.3 Å². The van der Waals surface area contributed by atoms with E-state index >= 15 is 0 Å². The van der Waals surface area contributed by atoms with Gasteiger partial charge in [-0.25, -0.2) is 9.78 Å². The number of carboxylic acids is 1. The average Bonchev–Trinajstić information content (AvgIpc) is 2.46.